The lowest BCUT2D eigenvalue weighted by Gasteiger charge is -2.21. The Morgan fingerprint density at radius 1 is 1.19 bits per heavy atom. The molecule has 1 aromatic heterocycles. The average molecular weight is 388 g/mol. The lowest BCUT2D eigenvalue weighted by atomic mass is 10.1. The molecule has 1 saturated heterocycles. The first kappa shape index (κ1) is 19.4. The highest BCUT2D eigenvalue weighted by Crippen LogP contribution is 2.27. The van der Waals surface area contributed by atoms with Crippen LogP contribution in [-0.4, -0.2) is 38.5 Å². The van der Waals surface area contributed by atoms with Crippen LogP contribution >= 0.6 is 0 Å². The fraction of sp³-hybridized carbons (Fsp3) is 0.400. The molecule has 27 heavy (non-hydrogen) atoms. The number of nitrogens with zero attached hydrogens (tertiary/aromatic N) is 2. The van der Waals surface area contributed by atoms with Gasteiger partial charge in [-0.25, -0.2) is 13.4 Å². The number of rotatable bonds is 6. The molecule has 7 heteroatoms. The Balaban J connectivity index is 1.93. The lowest BCUT2D eigenvalue weighted by Crippen LogP contribution is -2.22. The zero-order valence-corrected chi connectivity index (χ0v) is 16.8. The predicted octanol–water partition coefficient (Wildman–Crippen LogP) is 3.21. The zero-order chi connectivity index (χ0) is 19.6. The van der Waals surface area contributed by atoms with Crippen molar-refractivity contribution in [3.8, 4) is 0 Å². The van der Waals surface area contributed by atoms with E-state index in [-0.39, 0.29) is 10.7 Å². The van der Waals surface area contributed by atoms with E-state index in [4.69, 9.17) is 4.98 Å². The molecule has 0 atom stereocenters. The first-order chi connectivity index (χ1) is 12.8. The number of pyridine rings is 1. The van der Waals surface area contributed by atoms with Gasteiger partial charge < -0.3 is 10.2 Å². The van der Waals surface area contributed by atoms with Gasteiger partial charge in [0.05, 0.1) is 10.6 Å². The fourth-order valence-corrected chi connectivity index (χ4v) is 4.16. The minimum absolute atomic E-state index is 0.104. The van der Waals surface area contributed by atoms with Crippen molar-refractivity contribution in [2.45, 2.75) is 38.1 Å². The van der Waals surface area contributed by atoms with E-state index in [1.54, 1.807) is 12.1 Å². The van der Waals surface area contributed by atoms with Crippen LogP contribution in [0.5, 0.6) is 0 Å². The summed E-state index contributed by atoms with van der Waals surface area (Å²) in [6.45, 7) is 5.84. The molecule has 0 bridgehead atoms. The van der Waals surface area contributed by atoms with Crippen molar-refractivity contribution >= 4 is 27.1 Å². The Morgan fingerprint density at radius 2 is 1.89 bits per heavy atom. The fourth-order valence-electron chi connectivity index (χ4n) is 3.31. The molecule has 2 heterocycles. The summed E-state index contributed by atoms with van der Waals surface area (Å²) < 4.78 is 24.2. The van der Waals surface area contributed by atoms with Crippen molar-refractivity contribution in [2.75, 3.05) is 29.6 Å². The molecular weight excluding hydrogens is 362 g/mol. The number of anilines is 2. The topological polar surface area (TPSA) is 79.4 Å². The molecule has 1 N–H and O–H groups in total. The molecule has 0 saturated carbocycles. The monoisotopic (exact) mass is 387 g/mol. The summed E-state index contributed by atoms with van der Waals surface area (Å²) in [6, 6.07) is 8.63. The van der Waals surface area contributed by atoms with Crippen LogP contribution in [0.1, 0.15) is 41.4 Å². The van der Waals surface area contributed by atoms with E-state index in [0.29, 0.717) is 17.8 Å². The Labute approximate surface area is 160 Å². The number of carbonyl (C=O) groups is 1. The summed E-state index contributed by atoms with van der Waals surface area (Å²) in [6.07, 6.45) is 3.48. The van der Waals surface area contributed by atoms with Gasteiger partial charge in [0.15, 0.2) is 15.6 Å². The molecule has 1 fully saturated rings. The van der Waals surface area contributed by atoms with Gasteiger partial charge >= 0.3 is 0 Å². The summed E-state index contributed by atoms with van der Waals surface area (Å²) in [7, 11) is -3.41. The highest BCUT2D eigenvalue weighted by molar-refractivity contribution is 7.90. The standard InChI is InChI=1S/C20H25N3O3S/c1-14-6-7-17(20(22-14)23-10-4-5-11-23)13-21-18-12-16(15(2)24)8-9-19(18)27(3,25)26/h6-9,12,21H,4-5,10-11,13H2,1-3H3. The van der Waals surface area contributed by atoms with Crippen LogP contribution in [0.3, 0.4) is 0 Å². The van der Waals surface area contributed by atoms with Gasteiger partial charge in [-0.1, -0.05) is 6.07 Å². The summed E-state index contributed by atoms with van der Waals surface area (Å²) in [5.41, 5.74) is 2.89. The normalized spacial score (nSPS) is 14.4. The molecular formula is C20H25N3O3S. The molecule has 1 aromatic carbocycles. The number of aryl methyl sites for hydroxylation is 1. The Hall–Kier alpha value is -2.41. The van der Waals surface area contributed by atoms with E-state index < -0.39 is 9.84 Å². The number of aromatic nitrogens is 1. The van der Waals surface area contributed by atoms with Crippen LogP contribution in [-0.2, 0) is 16.4 Å². The molecule has 0 amide bonds. The van der Waals surface area contributed by atoms with E-state index in [9.17, 15) is 13.2 Å². The van der Waals surface area contributed by atoms with Gasteiger partial charge in [0.2, 0.25) is 0 Å². The summed E-state index contributed by atoms with van der Waals surface area (Å²) in [5.74, 6) is 0.844. The molecule has 3 rings (SSSR count). The van der Waals surface area contributed by atoms with Crippen molar-refractivity contribution < 1.29 is 13.2 Å². The maximum Gasteiger partial charge on any atom is 0.177 e. The SMILES string of the molecule is CC(=O)c1ccc(S(C)(=O)=O)c(NCc2ccc(C)nc2N2CCCC2)c1. The molecule has 0 spiro atoms. The molecule has 6 nitrogen and oxygen atoms in total. The Bertz CT molecular complexity index is 964. The van der Waals surface area contributed by atoms with E-state index in [1.807, 2.05) is 19.1 Å². The average Bonchev–Trinajstić information content (AvgIpc) is 3.14. The quantitative estimate of drug-likeness (QED) is 0.767. The van der Waals surface area contributed by atoms with E-state index >= 15 is 0 Å². The second-order valence-electron chi connectivity index (χ2n) is 7.02. The first-order valence-corrected chi connectivity index (χ1v) is 11.0. The summed E-state index contributed by atoms with van der Waals surface area (Å²) >= 11 is 0. The van der Waals surface area contributed by atoms with Gasteiger partial charge in [0.25, 0.3) is 0 Å². The maximum absolute atomic E-state index is 12.1. The van der Waals surface area contributed by atoms with Crippen LogP contribution in [0.15, 0.2) is 35.2 Å². The number of sulfone groups is 1. The summed E-state index contributed by atoms with van der Waals surface area (Å²) in [4.78, 5) is 18.9. The van der Waals surface area contributed by atoms with Crippen LogP contribution in [0.2, 0.25) is 0 Å². The van der Waals surface area contributed by atoms with Crippen molar-refractivity contribution in [1.82, 2.24) is 4.98 Å². The number of Topliss-reactive ketones (excluding diaryl/α,β-unsaturated/α-hetero) is 1. The minimum Gasteiger partial charge on any atom is -0.380 e. The smallest absolute Gasteiger partial charge is 0.177 e. The second-order valence-corrected chi connectivity index (χ2v) is 9.01. The van der Waals surface area contributed by atoms with E-state index in [0.717, 1.165) is 43.0 Å². The Kier molecular flexibility index (Phi) is 5.51. The zero-order valence-electron chi connectivity index (χ0n) is 15.9. The highest BCUT2D eigenvalue weighted by atomic mass is 32.2. The molecule has 0 radical (unpaired) electrons. The Morgan fingerprint density at radius 3 is 2.52 bits per heavy atom. The van der Waals surface area contributed by atoms with Gasteiger partial charge in [-0.05, 0) is 51.0 Å². The number of ketones is 1. The molecule has 1 aliphatic rings. The third-order valence-corrected chi connectivity index (χ3v) is 5.91. The van der Waals surface area contributed by atoms with Gasteiger partial charge in [0.1, 0.15) is 5.82 Å². The molecule has 2 aromatic rings. The van der Waals surface area contributed by atoms with Gasteiger partial charge in [-0.2, -0.15) is 0 Å². The van der Waals surface area contributed by atoms with Crippen LogP contribution in [0, 0.1) is 6.92 Å². The van der Waals surface area contributed by atoms with Crippen molar-refractivity contribution in [3.05, 3.63) is 47.2 Å². The van der Waals surface area contributed by atoms with Crippen molar-refractivity contribution in [3.63, 3.8) is 0 Å². The number of hydrogen-bond acceptors (Lipinski definition) is 6. The number of nitrogens with one attached hydrogen (secondary N) is 1. The van der Waals surface area contributed by atoms with Gasteiger partial charge in [-0.15, -0.1) is 0 Å². The number of carbonyl (C=O) groups excluding carboxylic acids is 1. The number of hydrogen-bond donors (Lipinski definition) is 1. The molecule has 0 unspecified atom stereocenters. The minimum atomic E-state index is -3.41. The predicted molar refractivity (Wildman–Crippen MR) is 107 cm³/mol. The first-order valence-electron chi connectivity index (χ1n) is 9.06. The highest BCUT2D eigenvalue weighted by Gasteiger charge is 2.19. The van der Waals surface area contributed by atoms with Crippen molar-refractivity contribution in [1.29, 1.82) is 0 Å². The molecule has 0 aliphatic carbocycles. The van der Waals surface area contributed by atoms with Gasteiger partial charge in [-0.3, -0.25) is 4.79 Å². The third-order valence-electron chi connectivity index (χ3n) is 4.76. The third kappa shape index (κ3) is 4.47. The number of benzene rings is 1. The molecule has 144 valence electrons. The largest absolute Gasteiger partial charge is 0.380 e. The van der Waals surface area contributed by atoms with Crippen LogP contribution in [0.4, 0.5) is 11.5 Å². The van der Waals surface area contributed by atoms with E-state index in [2.05, 4.69) is 10.2 Å². The maximum atomic E-state index is 12.1. The molecule has 1 aliphatic heterocycles. The van der Waals surface area contributed by atoms with Gasteiger partial charge in [0, 0.05) is 42.7 Å². The van der Waals surface area contributed by atoms with Crippen molar-refractivity contribution in [2.24, 2.45) is 0 Å². The summed E-state index contributed by atoms with van der Waals surface area (Å²) in [5, 5.41) is 3.22. The van der Waals surface area contributed by atoms with Crippen LogP contribution < -0.4 is 10.2 Å². The van der Waals surface area contributed by atoms with E-state index in [1.165, 1.54) is 19.2 Å². The second kappa shape index (κ2) is 7.68. The van der Waals surface area contributed by atoms with Crippen LogP contribution in [0.25, 0.3) is 0 Å². The lowest BCUT2D eigenvalue weighted by molar-refractivity contribution is 0.101.